The van der Waals surface area contributed by atoms with Crippen molar-refractivity contribution in [2.45, 2.75) is 33.1 Å². The van der Waals surface area contributed by atoms with Gasteiger partial charge in [-0.1, -0.05) is 0 Å². The average Bonchev–Trinajstić information content (AvgIpc) is 2.89. The van der Waals surface area contributed by atoms with Crippen molar-refractivity contribution in [1.82, 2.24) is 24.9 Å². The van der Waals surface area contributed by atoms with Crippen LogP contribution in [0.15, 0.2) is 10.7 Å². The van der Waals surface area contributed by atoms with E-state index >= 15 is 0 Å². The zero-order valence-electron chi connectivity index (χ0n) is 12.7. The number of nitrogens with zero attached hydrogens (tertiary/aromatic N) is 4. The number of carbonyl (C=O) groups excluding carboxylic acids is 1. The van der Waals surface area contributed by atoms with Crippen molar-refractivity contribution in [3.05, 3.63) is 33.3 Å². The number of alkyl halides is 3. The highest BCUT2D eigenvalue weighted by Gasteiger charge is 2.38. The van der Waals surface area contributed by atoms with E-state index in [1.165, 1.54) is 6.92 Å². The number of amides is 1. The smallest absolute Gasteiger partial charge is 0.350 e. The van der Waals surface area contributed by atoms with Gasteiger partial charge in [0.15, 0.2) is 5.69 Å². The summed E-state index contributed by atoms with van der Waals surface area (Å²) in [6.07, 6.45) is -2.80. The molecule has 0 fully saturated rings. The van der Waals surface area contributed by atoms with E-state index in [2.05, 4.69) is 31.4 Å². The number of halogens is 4. The highest BCUT2D eigenvalue weighted by atomic mass is 79.9. The summed E-state index contributed by atoms with van der Waals surface area (Å²) in [6.45, 7) is 3.24. The van der Waals surface area contributed by atoms with Crippen LogP contribution < -0.4 is 5.32 Å². The molecule has 0 unspecified atom stereocenters. The zero-order valence-corrected chi connectivity index (χ0v) is 14.3. The Kier molecular flexibility index (Phi) is 4.83. The van der Waals surface area contributed by atoms with Crippen molar-refractivity contribution in [1.29, 1.82) is 0 Å². The lowest BCUT2D eigenvalue weighted by Gasteiger charge is -2.06. The molecule has 0 radical (unpaired) electrons. The van der Waals surface area contributed by atoms with E-state index in [9.17, 15) is 18.0 Å². The molecule has 126 valence electrons. The maximum Gasteiger partial charge on any atom is 0.436 e. The van der Waals surface area contributed by atoms with Gasteiger partial charge in [-0.2, -0.15) is 23.4 Å². The molecule has 2 aromatic heterocycles. The molecule has 2 aromatic rings. The molecule has 0 aliphatic rings. The van der Waals surface area contributed by atoms with Crippen molar-refractivity contribution < 1.29 is 18.0 Å². The second-order valence-electron chi connectivity index (χ2n) is 5.09. The molecule has 2 heterocycles. The summed E-state index contributed by atoms with van der Waals surface area (Å²) in [5.74, 6) is -0.430. The van der Waals surface area contributed by atoms with Crippen molar-refractivity contribution in [2.24, 2.45) is 7.05 Å². The van der Waals surface area contributed by atoms with E-state index in [1.807, 2.05) is 6.92 Å². The van der Waals surface area contributed by atoms with Crippen LogP contribution in [-0.4, -0.2) is 25.5 Å². The largest absolute Gasteiger partial charge is 0.436 e. The molecule has 0 bridgehead atoms. The van der Waals surface area contributed by atoms with Crippen LogP contribution in [0.1, 0.15) is 22.6 Å². The third-order valence-corrected chi connectivity index (χ3v) is 4.24. The van der Waals surface area contributed by atoms with E-state index < -0.39 is 17.8 Å². The summed E-state index contributed by atoms with van der Waals surface area (Å²) >= 11 is 2.87. The van der Waals surface area contributed by atoms with Gasteiger partial charge in [0.05, 0.1) is 15.9 Å². The van der Waals surface area contributed by atoms with Gasteiger partial charge in [-0.3, -0.25) is 14.2 Å². The molecule has 10 heteroatoms. The minimum atomic E-state index is -4.57. The van der Waals surface area contributed by atoms with Gasteiger partial charge in [-0.15, -0.1) is 0 Å². The Morgan fingerprint density at radius 1 is 1.35 bits per heavy atom. The van der Waals surface area contributed by atoms with Crippen molar-refractivity contribution in [3.8, 4) is 0 Å². The first kappa shape index (κ1) is 17.5. The lowest BCUT2D eigenvalue weighted by atomic mass is 10.2. The molecule has 0 aromatic carbocycles. The summed E-state index contributed by atoms with van der Waals surface area (Å²) in [6, 6.07) is 0. The predicted octanol–water partition coefficient (Wildman–Crippen LogP) is 2.33. The summed E-state index contributed by atoms with van der Waals surface area (Å²) in [7, 11) is 1.77. The number of carbonyl (C=O) groups is 1. The average molecular weight is 394 g/mol. The van der Waals surface area contributed by atoms with E-state index in [0.717, 1.165) is 15.9 Å². The minimum absolute atomic E-state index is 0.152. The van der Waals surface area contributed by atoms with Crippen LogP contribution in [0.25, 0.3) is 0 Å². The van der Waals surface area contributed by atoms with Crippen LogP contribution in [0, 0.1) is 13.8 Å². The topological polar surface area (TPSA) is 64.7 Å². The van der Waals surface area contributed by atoms with Crippen molar-refractivity contribution in [2.75, 3.05) is 0 Å². The Hall–Kier alpha value is -1.84. The molecule has 1 amide bonds. The molecule has 0 atom stereocenters. The fraction of sp³-hybridized carbons (Fsp3) is 0.462. The highest BCUT2D eigenvalue weighted by Crippen LogP contribution is 2.35. The number of aromatic nitrogens is 4. The van der Waals surface area contributed by atoms with Gasteiger partial charge < -0.3 is 5.32 Å². The van der Waals surface area contributed by atoms with Gasteiger partial charge in [0.25, 0.3) is 0 Å². The first-order chi connectivity index (χ1) is 10.6. The van der Waals surface area contributed by atoms with Crippen LogP contribution in [0.4, 0.5) is 13.2 Å². The molecule has 0 saturated heterocycles. The first-order valence-corrected chi connectivity index (χ1v) is 7.44. The molecule has 0 aliphatic carbocycles. The maximum atomic E-state index is 12.8. The fourth-order valence-electron chi connectivity index (χ4n) is 2.07. The molecule has 0 saturated carbocycles. The number of rotatable bonds is 4. The molecule has 23 heavy (non-hydrogen) atoms. The van der Waals surface area contributed by atoms with Gasteiger partial charge in [-0.25, -0.2) is 0 Å². The lowest BCUT2D eigenvalue weighted by Crippen LogP contribution is -2.28. The molecule has 6 nitrogen and oxygen atoms in total. The van der Waals surface area contributed by atoms with Gasteiger partial charge in [-0.05, 0) is 29.8 Å². The van der Waals surface area contributed by atoms with Gasteiger partial charge >= 0.3 is 6.18 Å². The first-order valence-electron chi connectivity index (χ1n) is 6.65. The Morgan fingerprint density at radius 3 is 2.48 bits per heavy atom. The molecule has 1 N–H and O–H groups in total. The van der Waals surface area contributed by atoms with Crippen LogP contribution in [0.5, 0.6) is 0 Å². The number of hydrogen-bond donors (Lipinski definition) is 1. The Balaban J connectivity index is 2.05. The number of nitrogens with one attached hydrogen (secondary N) is 1. The number of hydrogen-bond acceptors (Lipinski definition) is 3. The molecule has 0 spiro atoms. The minimum Gasteiger partial charge on any atom is -0.350 e. The summed E-state index contributed by atoms with van der Waals surface area (Å²) in [4.78, 5) is 11.9. The molecular formula is C13H15BrF3N5O. The Morgan fingerprint density at radius 2 is 2.00 bits per heavy atom. The van der Waals surface area contributed by atoms with Crippen molar-refractivity contribution in [3.63, 3.8) is 0 Å². The SMILES string of the molecule is Cc1nn(C)cc1CNC(=O)Cn1nc(C(F)(F)F)c(Br)c1C. The molecule has 2 rings (SSSR count). The molecule has 0 aliphatic heterocycles. The normalized spacial score (nSPS) is 11.8. The van der Waals surface area contributed by atoms with Crippen LogP contribution >= 0.6 is 15.9 Å². The lowest BCUT2D eigenvalue weighted by molar-refractivity contribution is -0.142. The predicted molar refractivity (Wildman–Crippen MR) is 79.5 cm³/mol. The second-order valence-corrected chi connectivity index (χ2v) is 5.89. The summed E-state index contributed by atoms with van der Waals surface area (Å²) in [5.41, 5.74) is 0.830. The Labute approximate surface area is 138 Å². The maximum absolute atomic E-state index is 12.8. The molecular weight excluding hydrogens is 379 g/mol. The summed E-state index contributed by atoms with van der Waals surface area (Å²) in [5, 5.41) is 10.3. The van der Waals surface area contributed by atoms with Gasteiger partial charge in [0.1, 0.15) is 6.54 Å². The van der Waals surface area contributed by atoms with Gasteiger partial charge in [0, 0.05) is 25.4 Å². The number of aryl methyl sites for hydroxylation is 2. The van der Waals surface area contributed by atoms with Crippen LogP contribution in [-0.2, 0) is 31.1 Å². The quantitative estimate of drug-likeness (QED) is 0.866. The van der Waals surface area contributed by atoms with Gasteiger partial charge in [0.2, 0.25) is 5.91 Å². The summed E-state index contributed by atoms with van der Waals surface area (Å²) < 4.78 is 40.8. The third kappa shape index (κ3) is 3.92. The highest BCUT2D eigenvalue weighted by molar-refractivity contribution is 9.10. The van der Waals surface area contributed by atoms with E-state index in [4.69, 9.17) is 0 Å². The van der Waals surface area contributed by atoms with Crippen molar-refractivity contribution >= 4 is 21.8 Å². The van der Waals surface area contributed by atoms with Crippen LogP contribution in [0.3, 0.4) is 0 Å². The van der Waals surface area contributed by atoms with Crippen LogP contribution in [0.2, 0.25) is 0 Å². The Bertz CT molecular complexity index is 735. The standard InChI is InChI=1S/C13H15BrF3N5O/c1-7-9(5-21(3)19-7)4-18-10(23)6-22-8(2)11(14)12(20-22)13(15,16)17/h5H,4,6H2,1-3H3,(H,18,23). The third-order valence-electron chi connectivity index (χ3n) is 3.29. The zero-order chi connectivity index (χ0) is 17.4. The van der Waals surface area contributed by atoms with E-state index in [0.29, 0.717) is 0 Å². The second kappa shape index (κ2) is 6.34. The fourth-order valence-corrected chi connectivity index (χ4v) is 2.58. The van der Waals surface area contributed by atoms with E-state index in [-0.39, 0.29) is 23.3 Å². The van der Waals surface area contributed by atoms with E-state index in [1.54, 1.807) is 17.9 Å². The monoisotopic (exact) mass is 393 g/mol.